The van der Waals surface area contributed by atoms with E-state index in [0.29, 0.717) is 0 Å². The van der Waals surface area contributed by atoms with Gasteiger partial charge in [-0.3, -0.25) is 0 Å². The van der Waals surface area contributed by atoms with E-state index >= 15 is 0 Å². The van der Waals surface area contributed by atoms with Crippen molar-refractivity contribution in [1.82, 2.24) is 4.90 Å². The van der Waals surface area contributed by atoms with Gasteiger partial charge < -0.3 is 10.6 Å². The highest BCUT2D eigenvalue weighted by Gasteiger charge is 2.37. The SMILES string of the molecule is N#CC(N)CCN1CC2CCC1C2. The topological polar surface area (TPSA) is 53.1 Å². The molecule has 2 bridgehead atoms. The fourth-order valence-electron chi connectivity index (χ4n) is 2.67. The smallest absolute Gasteiger partial charge is 0.0940 e. The fourth-order valence-corrected chi connectivity index (χ4v) is 2.67. The molecule has 3 atom stereocenters. The summed E-state index contributed by atoms with van der Waals surface area (Å²) in [7, 11) is 0. The summed E-state index contributed by atoms with van der Waals surface area (Å²) in [6.45, 7) is 2.28. The molecule has 1 saturated carbocycles. The highest BCUT2D eigenvalue weighted by atomic mass is 15.2. The van der Waals surface area contributed by atoms with Crippen molar-refractivity contribution in [3.05, 3.63) is 0 Å². The molecule has 2 N–H and O–H groups in total. The molecule has 0 radical (unpaired) electrons. The van der Waals surface area contributed by atoms with Crippen molar-refractivity contribution >= 4 is 0 Å². The Kier molecular flexibility index (Phi) is 2.52. The molecular weight excluding hydrogens is 162 g/mol. The van der Waals surface area contributed by atoms with E-state index in [1.807, 2.05) is 0 Å². The molecule has 0 aromatic heterocycles. The zero-order valence-electron chi connectivity index (χ0n) is 7.95. The normalized spacial score (nSPS) is 34.8. The first-order chi connectivity index (χ1) is 6.29. The number of fused-ring (bicyclic) bond motifs is 2. The number of piperidine rings is 1. The van der Waals surface area contributed by atoms with Gasteiger partial charge >= 0.3 is 0 Å². The molecule has 3 heteroatoms. The maximum atomic E-state index is 8.55. The molecule has 1 heterocycles. The van der Waals surface area contributed by atoms with Gasteiger partial charge in [-0.2, -0.15) is 5.26 Å². The molecule has 1 saturated heterocycles. The van der Waals surface area contributed by atoms with Crippen LogP contribution in [0.4, 0.5) is 0 Å². The van der Waals surface area contributed by atoms with Crippen LogP contribution in [0.1, 0.15) is 25.7 Å². The van der Waals surface area contributed by atoms with E-state index in [1.54, 1.807) is 0 Å². The minimum Gasteiger partial charge on any atom is -0.316 e. The minimum atomic E-state index is -0.265. The molecule has 72 valence electrons. The van der Waals surface area contributed by atoms with E-state index in [4.69, 9.17) is 11.0 Å². The highest BCUT2D eigenvalue weighted by molar-refractivity contribution is 4.94. The summed E-state index contributed by atoms with van der Waals surface area (Å²) in [5.74, 6) is 0.948. The van der Waals surface area contributed by atoms with Gasteiger partial charge in [0.1, 0.15) is 0 Å². The third-order valence-corrected chi connectivity index (χ3v) is 3.42. The quantitative estimate of drug-likeness (QED) is 0.694. The van der Waals surface area contributed by atoms with Crippen LogP contribution in [0.3, 0.4) is 0 Å². The molecule has 3 unspecified atom stereocenters. The molecule has 1 aliphatic carbocycles. The lowest BCUT2D eigenvalue weighted by Crippen LogP contribution is -2.35. The summed E-state index contributed by atoms with van der Waals surface area (Å²) >= 11 is 0. The second-order valence-electron chi connectivity index (χ2n) is 4.35. The van der Waals surface area contributed by atoms with Gasteiger partial charge in [-0.25, -0.2) is 0 Å². The van der Waals surface area contributed by atoms with Crippen LogP contribution < -0.4 is 5.73 Å². The van der Waals surface area contributed by atoms with Crippen molar-refractivity contribution in [2.75, 3.05) is 13.1 Å². The molecule has 0 aromatic rings. The second kappa shape index (κ2) is 3.65. The van der Waals surface area contributed by atoms with Crippen molar-refractivity contribution in [2.24, 2.45) is 11.7 Å². The van der Waals surface area contributed by atoms with Gasteiger partial charge in [-0.1, -0.05) is 0 Å². The molecule has 0 amide bonds. The Balaban J connectivity index is 1.75. The summed E-state index contributed by atoms with van der Waals surface area (Å²) in [6.07, 6.45) is 5.01. The zero-order chi connectivity index (χ0) is 9.26. The van der Waals surface area contributed by atoms with Crippen molar-refractivity contribution in [2.45, 2.75) is 37.8 Å². The zero-order valence-corrected chi connectivity index (χ0v) is 7.95. The summed E-state index contributed by atoms with van der Waals surface area (Å²) < 4.78 is 0. The van der Waals surface area contributed by atoms with Crippen molar-refractivity contribution in [1.29, 1.82) is 5.26 Å². The standard InChI is InChI=1S/C10H17N3/c11-6-9(12)3-4-13-7-8-1-2-10(13)5-8/h8-10H,1-5,7,12H2. The number of rotatable bonds is 3. The monoisotopic (exact) mass is 179 g/mol. The van der Waals surface area contributed by atoms with E-state index in [2.05, 4.69) is 11.0 Å². The first kappa shape index (κ1) is 8.98. The van der Waals surface area contributed by atoms with Crippen LogP contribution in [-0.2, 0) is 0 Å². The van der Waals surface area contributed by atoms with E-state index in [9.17, 15) is 0 Å². The average Bonchev–Trinajstić information content (AvgIpc) is 2.74. The molecule has 0 aromatic carbocycles. The Bertz CT molecular complexity index is 221. The van der Waals surface area contributed by atoms with Crippen LogP contribution in [0.25, 0.3) is 0 Å². The molecule has 3 nitrogen and oxygen atoms in total. The van der Waals surface area contributed by atoms with Crippen LogP contribution in [0.15, 0.2) is 0 Å². The number of hydrogen-bond donors (Lipinski definition) is 1. The number of nitriles is 1. The fraction of sp³-hybridized carbons (Fsp3) is 0.900. The van der Waals surface area contributed by atoms with Crippen LogP contribution >= 0.6 is 0 Å². The Morgan fingerprint density at radius 3 is 2.92 bits per heavy atom. The Morgan fingerprint density at radius 2 is 2.38 bits per heavy atom. The van der Waals surface area contributed by atoms with Crippen molar-refractivity contribution < 1.29 is 0 Å². The van der Waals surface area contributed by atoms with Crippen LogP contribution in [0, 0.1) is 17.2 Å². The predicted molar refractivity (Wildman–Crippen MR) is 50.9 cm³/mol. The molecule has 0 spiro atoms. The van der Waals surface area contributed by atoms with Crippen molar-refractivity contribution in [3.8, 4) is 6.07 Å². The van der Waals surface area contributed by atoms with E-state index in [1.165, 1.54) is 25.8 Å². The molecule has 2 fully saturated rings. The van der Waals surface area contributed by atoms with Gasteiger partial charge in [0, 0.05) is 19.1 Å². The Morgan fingerprint density at radius 1 is 1.54 bits per heavy atom. The van der Waals surface area contributed by atoms with Crippen LogP contribution in [0.5, 0.6) is 0 Å². The first-order valence-electron chi connectivity index (χ1n) is 5.19. The Hall–Kier alpha value is -0.590. The maximum Gasteiger partial charge on any atom is 0.0940 e. The number of nitrogens with two attached hydrogens (primary N) is 1. The summed E-state index contributed by atoms with van der Waals surface area (Å²) in [5.41, 5.74) is 5.56. The number of nitrogens with zero attached hydrogens (tertiary/aromatic N) is 2. The van der Waals surface area contributed by atoms with Crippen molar-refractivity contribution in [3.63, 3.8) is 0 Å². The molecular formula is C10H17N3. The number of likely N-dealkylation sites (tertiary alicyclic amines) is 1. The predicted octanol–water partition coefficient (Wildman–Crippen LogP) is 0.712. The minimum absolute atomic E-state index is 0.265. The van der Waals surface area contributed by atoms with E-state index < -0.39 is 0 Å². The molecule has 13 heavy (non-hydrogen) atoms. The van der Waals surface area contributed by atoms with Crippen LogP contribution in [-0.4, -0.2) is 30.1 Å². The summed E-state index contributed by atoms with van der Waals surface area (Å²) in [5, 5.41) is 8.55. The highest BCUT2D eigenvalue weighted by Crippen LogP contribution is 2.37. The van der Waals surface area contributed by atoms with Gasteiger partial charge in [-0.05, 0) is 31.6 Å². The number of hydrogen-bond acceptors (Lipinski definition) is 3. The third kappa shape index (κ3) is 1.84. The van der Waals surface area contributed by atoms with Crippen LogP contribution in [0.2, 0.25) is 0 Å². The first-order valence-corrected chi connectivity index (χ1v) is 5.19. The van der Waals surface area contributed by atoms with Gasteiger partial charge in [0.2, 0.25) is 0 Å². The van der Waals surface area contributed by atoms with E-state index in [0.717, 1.165) is 24.9 Å². The van der Waals surface area contributed by atoms with Gasteiger partial charge in [0.15, 0.2) is 0 Å². The Labute approximate surface area is 79.5 Å². The van der Waals surface area contributed by atoms with Gasteiger partial charge in [-0.15, -0.1) is 0 Å². The lowest BCUT2D eigenvalue weighted by atomic mass is 10.1. The summed E-state index contributed by atoms with van der Waals surface area (Å²) in [6, 6.07) is 2.63. The molecule has 2 rings (SSSR count). The van der Waals surface area contributed by atoms with E-state index in [-0.39, 0.29) is 6.04 Å². The van der Waals surface area contributed by atoms with Gasteiger partial charge in [0.25, 0.3) is 0 Å². The lowest BCUT2D eigenvalue weighted by molar-refractivity contribution is 0.209. The third-order valence-electron chi connectivity index (χ3n) is 3.42. The van der Waals surface area contributed by atoms with Gasteiger partial charge in [0.05, 0.1) is 12.1 Å². The molecule has 1 aliphatic heterocycles. The second-order valence-corrected chi connectivity index (χ2v) is 4.35. The average molecular weight is 179 g/mol. The maximum absolute atomic E-state index is 8.55. The largest absolute Gasteiger partial charge is 0.316 e. The lowest BCUT2D eigenvalue weighted by Gasteiger charge is -2.26. The molecule has 2 aliphatic rings. The summed E-state index contributed by atoms with van der Waals surface area (Å²) in [4.78, 5) is 2.52.